The first-order valence-electron chi connectivity index (χ1n) is 6.57. The predicted molar refractivity (Wildman–Crippen MR) is 73.0 cm³/mol. The van der Waals surface area contributed by atoms with E-state index in [0.29, 0.717) is 13.2 Å². The Morgan fingerprint density at radius 2 is 2.11 bits per heavy atom. The molecule has 1 aromatic heterocycles. The van der Waals surface area contributed by atoms with Gasteiger partial charge in [-0.25, -0.2) is 0 Å². The number of aryl methyl sites for hydroxylation is 1. The van der Waals surface area contributed by atoms with Gasteiger partial charge in [-0.15, -0.1) is 0 Å². The number of ether oxygens (including phenoxy) is 2. The Hall–Kier alpha value is -1.13. The summed E-state index contributed by atoms with van der Waals surface area (Å²) in [6, 6.07) is 3.99. The molecule has 1 rings (SSSR count). The van der Waals surface area contributed by atoms with Crippen LogP contribution in [0.25, 0.3) is 0 Å². The molecule has 0 spiro atoms. The van der Waals surface area contributed by atoms with E-state index in [1.165, 1.54) is 0 Å². The van der Waals surface area contributed by atoms with E-state index in [4.69, 9.17) is 9.47 Å². The highest BCUT2D eigenvalue weighted by Crippen LogP contribution is 2.17. The quantitative estimate of drug-likeness (QED) is 0.685. The molecule has 0 unspecified atom stereocenters. The highest BCUT2D eigenvalue weighted by Gasteiger charge is 2.05. The Morgan fingerprint density at radius 3 is 2.83 bits per heavy atom. The van der Waals surface area contributed by atoms with Gasteiger partial charge in [0.25, 0.3) is 0 Å². The average molecular weight is 252 g/mol. The summed E-state index contributed by atoms with van der Waals surface area (Å²) in [6.45, 7) is 7.15. The van der Waals surface area contributed by atoms with Crippen molar-refractivity contribution < 1.29 is 9.47 Å². The maximum absolute atomic E-state index is 5.76. The molecule has 102 valence electrons. The van der Waals surface area contributed by atoms with E-state index < -0.39 is 0 Å². The van der Waals surface area contributed by atoms with Gasteiger partial charge in [0, 0.05) is 25.9 Å². The number of nitrogens with zero attached hydrogens (tertiary/aromatic N) is 1. The Bertz CT molecular complexity index is 343. The molecule has 0 bridgehead atoms. The number of pyridine rings is 1. The topological polar surface area (TPSA) is 43.4 Å². The Morgan fingerprint density at radius 1 is 1.28 bits per heavy atom. The fraction of sp³-hybridized carbons (Fsp3) is 0.643. The van der Waals surface area contributed by atoms with Crippen molar-refractivity contribution in [2.24, 2.45) is 0 Å². The number of aromatic nitrogens is 1. The second-order valence-corrected chi connectivity index (χ2v) is 4.27. The summed E-state index contributed by atoms with van der Waals surface area (Å²) in [5, 5.41) is 3.29. The van der Waals surface area contributed by atoms with Gasteiger partial charge in [-0.1, -0.05) is 13.3 Å². The maximum Gasteiger partial charge on any atom is 0.142 e. The fourth-order valence-corrected chi connectivity index (χ4v) is 1.56. The summed E-state index contributed by atoms with van der Waals surface area (Å²) in [7, 11) is 1.70. The zero-order valence-electron chi connectivity index (χ0n) is 11.7. The smallest absolute Gasteiger partial charge is 0.142 e. The van der Waals surface area contributed by atoms with Crippen molar-refractivity contribution in [3.8, 4) is 5.75 Å². The molecule has 0 saturated carbocycles. The lowest BCUT2D eigenvalue weighted by atomic mass is 10.2. The van der Waals surface area contributed by atoms with Gasteiger partial charge in [0.2, 0.25) is 0 Å². The number of hydrogen-bond acceptors (Lipinski definition) is 4. The fourth-order valence-electron chi connectivity index (χ4n) is 1.56. The van der Waals surface area contributed by atoms with Gasteiger partial charge >= 0.3 is 0 Å². The number of rotatable bonds is 9. The third-order valence-electron chi connectivity index (χ3n) is 2.60. The molecule has 4 nitrogen and oxygen atoms in total. The lowest BCUT2D eigenvalue weighted by Gasteiger charge is -2.12. The standard InChI is InChI=1S/C14H24N2O2/c1-4-5-9-18-14-7-6-12(2)16-13(14)11-15-8-10-17-3/h6-7,15H,4-5,8-11H2,1-3H3. The molecule has 1 N–H and O–H groups in total. The van der Waals surface area contributed by atoms with Crippen LogP contribution < -0.4 is 10.1 Å². The second kappa shape index (κ2) is 8.89. The first-order valence-corrected chi connectivity index (χ1v) is 6.57. The normalized spacial score (nSPS) is 10.6. The maximum atomic E-state index is 5.76. The van der Waals surface area contributed by atoms with Crippen molar-refractivity contribution >= 4 is 0 Å². The van der Waals surface area contributed by atoms with Gasteiger partial charge < -0.3 is 14.8 Å². The van der Waals surface area contributed by atoms with Crippen LogP contribution in [0.5, 0.6) is 5.75 Å². The minimum Gasteiger partial charge on any atom is -0.492 e. The lowest BCUT2D eigenvalue weighted by molar-refractivity contribution is 0.199. The van der Waals surface area contributed by atoms with Crippen LogP contribution in [0.3, 0.4) is 0 Å². The van der Waals surface area contributed by atoms with E-state index in [1.54, 1.807) is 7.11 Å². The highest BCUT2D eigenvalue weighted by molar-refractivity contribution is 5.29. The van der Waals surface area contributed by atoms with Crippen LogP contribution in [-0.2, 0) is 11.3 Å². The minimum atomic E-state index is 0.706. The van der Waals surface area contributed by atoms with Crippen molar-refractivity contribution in [1.29, 1.82) is 0 Å². The number of unbranched alkanes of at least 4 members (excludes halogenated alkanes) is 1. The molecule has 18 heavy (non-hydrogen) atoms. The lowest BCUT2D eigenvalue weighted by Crippen LogP contribution is -2.20. The molecule has 0 amide bonds. The Labute approximate surface area is 110 Å². The average Bonchev–Trinajstić information content (AvgIpc) is 2.37. The summed E-state index contributed by atoms with van der Waals surface area (Å²) in [5.41, 5.74) is 1.99. The third-order valence-corrected chi connectivity index (χ3v) is 2.60. The van der Waals surface area contributed by atoms with E-state index >= 15 is 0 Å². The van der Waals surface area contributed by atoms with Gasteiger partial charge in [0.1, 0.15) is 5.75 Å². The molecular formula is C14H24N2O2. The van der Waals surface area contributed by atoms with Crippen LogP contribution in [0.1, 0.15) is 31.2 Å². The zero-order chi connectivity index (χ0) is 13.2. The van der Waals surface area contributed by atoms with Crippen molar-refractivity contribution in [2.45, 2.75) is 33.2 Å². The molecule has 0 saturated heterocycles. The van der Waals surface area contributed by atoms with E-state index in [9.17, 15) is 0 Å². The number of methoxy groups -OCH3 is 1. The Balaban J connectivity index is 2.53. The number of hydrogen-bond donors (Lipinski definition) is 1. The number of nitrogens with one attached hydrogen (secondary N) is 1. The summed E-state index contributed by atoms with van der Waals surface area (Å²) < 4.78 is 10.8. The molecule has 0 aromatic carbocycles. The van der Waals surface area contributed by atoms with Crippen LogP contribution in [0.15, 0.2) is 12.1 Å². The van der Waals surface area contributed by atoms with Crippen molar-refractivity contribution in [3.63, 3.8) is 0 Å². The molecule has 1 heterocycles. The third kappa shape index (κ3) is 5.47. The zero-order valence-corrected chi connectivity index (χ0v) is 11.7. The van der Waals surface area contributed by atoms with Gasteiger partial charge in [0.05, 0.1) is 18.9 Å². The van der Waals surface area contributed by atoms with E-state index in [0.717, 1.165) is 43.1 Å². The SMILES string of the molecule is CCCCOc1ccc(C)nc1CNCCOC. The molecule has 0 radical (unpaired) electrons. The summed E-state index contributed by atoms with van der Waals surface area (Å²) >= 11 is 0. The molecule has 0 atom stereocenters. The Kier molecular flexibility index (Phi) is 7.37. The molecule has 0 fully saturated rings. The summed E-state index contributed by atoms with van der Waals surface area (Å²) in [4.78, 5) is 4.52. The van der Waals surface area contributed by atoms with Gasteiger partial charge in [-0.3, -0.25) is 4.98 Å². The molecule has 0 aliphatic heterocycles. The molecular weight excluding hydrogens is 228 g/mol. The summed E-state index contributed by atoms with van der Waals surface area (Å²) in [5.74, 6) is 0.888. The van der Waals surface area contributed by atoms with Crippen LogP contribution in [0, 0.1) is 6.92 Å². The van der Waals surface area contributed by atoms with Crippen molar-refractivity contribution in [1.82, 2.24) is 10.3 Å². The van der Waals surface area contributed by atoms with Crippen LogP contribution in [0.4, 0.5) is 0 Å². The van der Waals surface area contributed by atoms with Gasteiger partial charge in [-0.2, -0.15) is 0 Å². The largest absolute Gasteiger partial charge is 0.492 e. The molecule has 0 aliphatic carbocycles. The van der Waals surface area contributed by atoms with Crippen molar-refractivity contribution in [2.75, 3.05) is 26.9 Å². The van der Waals surface area contributed by atoms with Crippen molar-refractivity contribution in [3.05, 3.63) is 23.5 Å². The van der Waals surface area contributed by atoms with Crippen LogP contribution in [0.2, 0.25) is 0 Å². The minimum absolute atomic E-state index is 0.706. The monoisotopic (exact) mass is 252 g/mol. The molecule has 1 aromatic rings. The predicted octanol–water partition coefficient (Wildman–Crippen LogP) is 2.30. The molecule has 0 aliphatic rings. The van der Waals surface area contributed by atoms with Crippen LogP contribution in [-0.4, -0.2) is 31.9 Å². The first kappa shape index (κ1) is 14.9. The molecule has 4 heteroatoms. The van der Waals surface area contributed by atoms with Gasteiger partial charge in [0.15, 0.2) is 0 Å². The van der Waals surface area contributed by atoms with E-state index in [2.05, 4.69) is 17.2 Å². The summed E-state index contributed by atoms with van der Waals surface area (Å²) in [6.07, 6.45) is 2.21. The van der Waals surface area contributed by atoms with E-state index in [1.807, 2.05) is 19.1 Å². The first-order chi connectivity index (χ1) is 8.77. The van der Waals surface area contributed by atoms with Crippen LogP contribution >= 0.6 is 0 Å². The second-order valence-electron chi connectivity index (χ2n) is 4.27. The van der Waals surface area contributed by atoms with Gasteiger partial charge in [-0.05, 0) is 25.5 Å². The van der Waals surface area contributed by atoms with E-state index in [-0.39, 0.29) is 0 Å². The highest BCUT2D eigenvalue weighted by atomic mass is 16.5.